The maximum absolute atomic E-state index is 7.15. The van der Waals surface area contributed by atoms with Crippen molar-refractivity contribution in [2.75, 3.05) is 0 Å². The van der Waals surface area contributed by atoms with Crippen molar-refractivity contribution >= 4 is 11.9 Å². The lowest BCUT2D eigenvalue weighted by molar-refractivity contribution is 1.37. The molecule has 0 unspecified atom stereocenters. The predicted octanol–water partition coefficient (Wildman–Crippen LogP) is 1.46. The van der Waals surface area contributed by atoms with Crippen LogP contribution in [0.4, 0.5) is 0 Å². The van der Waals surface area contributed by atoms with Crippen LogP contribution in [0.1, 0.15) is 13.8 Å². The van der Waals surface area contributed by atoms with Gasteiger partial charge in [0.05, 0.1) is 11.4 Å². The zero-order valence-corrected chi connectivity index (χ0v) is 6.81. The number of nitrogens with one attached hydrogen (secondary N) is 2. The van der Waals surface area contributed by atoms with Gasteiger partial charge in [-0.05, 0) is 19.9 Å². The van der Waals surface area contributed by atoms with E-state index >= 15 is 0 Å². The maximum Gasteiger partial charge on any atom is 0.0944 e. The summed E-state index contributed by atoms with van der Waals surface area (Å²) >= 11 is 0. The SMILES string of the molecule is C/C=C(C)\C=C(\N)C(=N)C=N. The fraction of sp³-hybridized carbons (Fsp3) is 0.250. The van der Waals surface area contributed by atoms with E-state index in [1.165, 1.54) is 0 Å². The molecular formula is C8H13N3. The summed E-state index contributed by atoms with van der Waals surface area (Å²) in [7, 11) is 0. The molecular weight excluding hydrogens is 138 g/mol. The maximum atomic E-state index is 7.15. The van der Waals surface area contributed by atoms with Crippen LogP contribution in [0.5, 0.6) is 0 Å². The molecule has 0 fully saturated rings. The van der Waals surface area contributed by atoms with E-state index in [4.69, 9.17) is 16.6 Å². The quantitative estimate of drug-likeness (QED) is 0.414. The van der Waals surface area contributed by atoms with Gasteiger partial charge in [0.15, 0.2) is 0 Å². The first kappa shape index (κ1) is 9.62. The lowest BCUT2D eigenvalue weighted by Gasteiger charge is -1.96. The molecule has 0 rings (SSSR count). The Hall–Kier alpha value is -1.38. The molecule has 0 amide bonds. The van der Waals surface area contributed by atoms with Gasteiger partial charge in [0.1, 0.15) is 0 Å². The number of nitrogens with two attached hydrogens (primary N) is 1. The standard InChI is InChI=1S/C8H13N3/c1-3-6(2)4-7(10)8(11)5-9/h3-5,9,11H,10H2,1-2H3/b6-3-,7-4+,9-5?,11-8?. The topological polar surface area (TPSA) is 73.7 Å². The van der Waals surface area contributed by atoms with E-state index in [2.05, 4.69) is 0 Å². The molecule has 0 saturated carbocycles. The predicted molar refractivity (Wildman–Crippen MR) is 48.2 cm³/mol. The van der Waals surface area contributed by atoms with Gasteiger partial charge in [0.2, 0.25) is 0 Å². The van der Waals surface area contributed by atoms with Crippen molar-refractivity contribution in [1.29, 1.82) is 10.8 Å². The zero-order chi connectivity index (χ0) is 8.85. The zero-order valence-electron chi connectivity index (χ0n) is 6.81. The largest absolute Gasteiger partial charge is 0.397 e. The molecule has 0 spiro atoms. The number of hydrogen-bond donors (Lipinski definition) is 3. The van der Waals surface area contributed by atoms with Gasteiger partial charge >= 0.3 is 0 Å². The summed E-state index contributed by atoms with van der Waals surface area (Å²) in [5, 5.41) is 13.9. The van der Waals surface area contributed by atoms with Gasteiger partial charge in [-0.25, -0.2) is 0 Å². The van der Waals surface area contributed by atoms with Gasteiger partial charge in [-0.2, -0.15) is 0 Å². The highest BCUT2D eigenvalue weighted by Crippen LogP contribution is 1.97. The second kappa shape index (κ2) is 4.44. The Bertz CT molecular complexity index is 223. The van der Waals surface area contributed by atoms with Crippen molar-refractivity contribution in [3.63, 3.8) is 0 Å². The molecule has 0 bridgehead atoms. The molecule has 0 heterocycles. The Morgan fingerprint density at radius 2 is 2.00 bits per heavy atom. The van der Waals surface area contributed by atoms with E-state index in [0.717, 1.165) is 11.8 Å². The van der Waals surface area contributed by atoms with Gasteiger partial charge in [-0.3, -0.25) is 5.41 Å². The summed E-state index contributed by atoms with van der Waals surface area (Å²) in [5.41, 5.74) is 6.82. The van der Waals surface area contributed by atoms with Crippen LogP contribution in [-0.2, 0) is 0 Å². The third-order valence-corrected chi connectivity index (χ3v) is 1.29. The lowest BCUT2D eigenvalue weighted by atomic mass is 10.2. The molecule has 0 aliphatic heterocycles. The minimum Gasteiger partial charge on any atom is -0.397 e. The fourth-order valence-electron chi connectivity index (χ4n) is 0.490. The Balaban J connectivity index is 4.46. The highest BCUT2D eigenvalue weighted by Gasteiger charge is 1.94. The van der Waals surface area contributed by atoms with Gasteiger partial charge in [-0.1, -0.05) is 11.6 Å². The van der Waals surface area contributed by atoms with E-state index in [-0.39, 0.29) is 5.71 Å². The summed E-state index contributed by atoms with van der Waals surface area (Å²) in [4.78, 5) is 0. The molecule has 60 valence electrons. The van der Waals surface area contributed by atoms with Crippen LogP contribution in [0.2, 0.25) is 0 Å². The first-order valence-electron chi connectivity index (χ1n) is 3.31. The van der Waals surface area contributed by atoms with Crippen LogP contribution in [0.15, 0.2) is 23.4 Å². The van der Waals surface area contributed by atoms with Crippen molar-refractivity contribution in [3.8, 4) is 0 Å². The Morgan fingerprint density at radius 1 is 1.45 bits per heavy atom. The summed E-state index contributed by atoms with van der Waals surface area (Å²) in [6.07, 6.45) is 4.49. The highest BCUT2D eigenvalue weighted by molar-refractivity contribution is 6.35. The van der Waals surface area contributed by atoms with Crippen LogP contribution in [0, 0.1) is 10.8 Å². The van der Waals surface area contributed by atoms with Gasteiger partial charge in [0, 0.05) is 6.21 Å². The average molecular weight is 151 g/mol. The van der Waals surface area contributed by atoms with E-state index in [1.807, 2.05) is 19.9 Å². The Morgan fingerprint density at radius 3 is 2.36 bits per heavy atom. The van der Waals surface area contributed by atoms with Crippen molar-refractivity contribution in [2.45, 2.75) is 13.8 Å². The molecule has 0 aromatic heterocycles. The number of allylic oxidation sites excluding steroid dienone is 4. The lowest BCUT2D eigenvalue weighted by Crippen LogP contribution is -2.10. The molecule has 3 nitrogen and oxygen atoms in total. The van der Waals surface area contributed by atoms with Crippen molar-refractivity contribution < 1.29 is 0 Å². The van der Waals surface area contributed by atoms with E-state index in [9.17, 15) is 0 Å². The fourth-order valence-corrected chi connectivity index (χ4v) is 0.490. The molecule has 4 N–H and O–H groups in total. The van der Waals surface area contributed by atoms with Gasteiger partial charge in [0.25, 0.3) is 0 Å². The second-order valence-electron chi connectivity index (χ2n) is 2.19. The molecule has 3 heteroatoms. The minimum atomic E-state index is 0.0474. The second-order valence-corrected chi connectivity index (χ2v) is 2.19. The molecule has 11 heavy (non-hydrogen) atoms. The van der Waals surface area contributed by atoms with E-state index < -0.39 is 0 Å². The average Bonchev–Trinajstić information content (AvgIpc) is 2.02. The van der Waals surface area contributed by atoms with Crippen LogP contribution in [-0.4, -0.2) is 11.9 Å². The molecule has 0 aliphatic carbocycles. The van der Waals surface area contributed by atoms with E-state index in [1.54, 1.807) is 6.08 Å². The summed E-state index contributed by atoms with van der Waals surface area (Å²) in [6.45, 7) is 3.79. The van der Waals surface area contributed by atoms with Crippen molar-refractivity contribution in [3.05, 3.63) is 23.4 Å². The first-order chi connectivity index (χ1) is 5.11. The normalized spacial score (nSPS) is 12.9. The Kier molecular flexibility index (Phi) is 3.88. The molecule has 0 aromatic rings. The van der Waals surface area contributed by atoms with Crippen LogP contribution in [0.3, 0.4) is 0 Å². The smallest absolute Gasteiger partial charge is 0.0944 e. The Labute approximate surface area is 66.6 Å². The summed E-state index contributed by atoms with van der Waals surface area (Å²) < 4.78 is 0. The number of hydrogen-bond acceptors (Lipinski definition) is 3. The van der Waals surface area contributed by atoms with Gasteiger partial charge in [-0.15, -0.1) is 0 Å². The minimum absolute atomic E-state index is 0.0474. The van der Waals surface area contributed by atoms with Crippen LogP contribution < -0.4 is 5.73 Å². The molecule has 0 atom stereocenters. The van der Waals surface area contributed by atoms with Crippen LogP contribution in [0.25, 0.3) is 0 Å². The summed E-state index contributed by atoms with van der Waals surface area (Å²) in [5.74, 6) is 0. The van der Waals surface area contributed by atoms with Crippen LogP contribution >= 0.6 is 0 Å². The van der Waals surface area contributed by atoms with Crippen molar-refractivity contribution in [1.82, 2.24) is 0 Å². The molecule has 0 saturated heterocycles. The highest BCUT2D eigenvalue weighted by atomic mass is 14.6. The molecule has 0 radical (unpaired) electrons. The van der Waals surface area contributed by atoms with Gasteiger partial charge < -0.3 is 11.1 Å². The monoisotopic (exact) mass is 151 g/mol. The molecule has 0 aliphatic rings. The third-order valence-electron chi connectivity index (χ3n) is 1.29. The van der Waals surface area contributed by atoms with E-state index in [0.29, 0.717) is 5.70 Å². The van der Waals surface area contributed by atoms with Crippen molar-refractivity contribution in [2.24, 2.45) is 5.73 Å². The summed E-state index contributed by atoms with van der Waals surface area (Å²) in [6, 6.07) is 0. The molecule has 0 aromatic carbocycles. The third kappa shape index (κ3) is 3.35. The number of rotatable bonds is 3. The first-order valence-corrected chi connectivity index (χ1v) is 3.31.